The van der Waals surface area contributed by atoms with Gasteiger partial charge < -0.3 is 14.5 Å². The summed E-state index contributed by atoms with van der Waals surface area (Å²) in [4.78, 5) is 16.0. The fourth-order valence-electron chi connectivity index (χ4n) is 2.53. The number of carbonyl (C=O) groups is 1. The second-order valence-corrected chi connectivity index (χ2v) is 5.42. The molecule has 1 saturated heterocycles. The molecule has 1 rings (SSSR count). The van der Waals surface area contributed by atoms with Crippen molar-refractivity contribution >= 4 is 5.97 Å². The van der Waals surface area contributed by atoms with Crippen molar-refractivity contribution in [2.45, 2.75) is 45.4 Å². The van der Waals surface area contributed by atoms with E-state index in [2.05, 4.69) is 21.5 Å². The van der Waals surface area contributed by atoms with E-state index in [1.807, 2.05) is 0 Å². The third-order valence-corrected chi connectivity index (χ3v) is 3.90. The second kappa shape index (κ2) is 10.2. The molecule has 112 valence electrons. The topological polar surface area (TPSA) is 32.8 Å². The molecule has 1 aliphatic heterocycles. The predicted molar refractivity (Wildman–Crippen MR) is 78.3 cm³/mol. The first kappa shape index (κ1) is 16.4. The Labute approximate surface area is 118 Å². The van der Waals surface area contributed by atoms with E-state index in [4.69, 9.17) is 0 Å². The summed E-state index contributed by atoms with van der Waals surface area (Å²) in [5.41, 5.74) is 0. The molecule has 1 heterocycles. The van der Waals surface area contributed by atoms with E-state index in [9.17, 15) is 4.79 Å². The molecular weight excluding hydrogens is 240 g/mol. The standard InChI is InChI=1S/C15H30N2O2/c1-3-4-5-6-7-9-16-11-13-17(14-12-16)10-8-15(18)19-2/h3-14H2,1-2H3. The van der Waals surface area contributed by atoms with Crippen LogP contribution in [-0.4, -0.2) is 62.1 Å². The molecule has 0 spiro atoms. The van der Waals surface area contributed by atoms with Gasteiger partial charge in [0.1, 0.15) is 0 Å². The lowest BCUT2D eigenvalue weighted by molar-refractivity contribution is -0.141. The Hall–Kier alpha value is -0.610. The van der Waals surface area contributed by atoms with Crippen LogP contribution in [0.3, 0.4) is 0 Å². The molecule has 0 bridgehead atoms. The molecular formula is C15H30N2O2. The molecule has 1 aliphatic rings. The molecule has 0 amide bonds. The monoisotopic (exact) mass is 270 g/mol. The molecule has 0 atom stereocenters. The summed E-state index contributed by atoms with van der Waals surface area (Å²) in [6.45, 7) is 8.82. The molecule has 19 heavy (non-hydrogen) atoms. The Bertz CT molecular complexity index is 238. The minimum atomic E-state index is -0.0987. The highest BCUT2D eigenvalue weighted by Crippen LogP contribution is 2.07. The molecule has 4 nitrogen and oxygen atoms in total. The van der Waals surface area contributed by atoms with Gasteiger partial charge in [-0.25, -0.2) is 0 Å². The average molecular weight is 270 g/mol. The van der Waals surface area contributed by atoms with Crippen molar-refractivity contribution < 1.29 is 9.53 Å². The number of hydrogen-bond donors (Lipinski definition) is 0. The quantitative estimate of drug-likeness (QED) is 0.475. The third-order valence-electron chi connectivity index (χ3n) is 3.90. The van der Waals surface area contributed by atoms with Crippen LogP contribution in [0.1, 0.15) is 45.4 Å². The molecule has 0 N–H and O–H groups in total. The number of hydrogen-bond acceptors (Lipinski definition) is 4. The van der Waals surface area contributed by atoms with Crippen molar-refractivity contribution in [3.05, 3.63) is 0 Å². The van der Waals surface area contributed by atoms with E-state index in [1.165, 1.54) is 45.8 Å². The van der Waals surface area contributed by atoms with Crippen LogP contribution in [-0.2, 0) is 9.53 Å². The fourth-order valence-corrected chi connectivity index (χ4v) is 2.53. The second-order valence-electron chi connectivity index (χ2n) is 5.42. The van der Waals surface area contributed by atoms with Gasteiger partial charge in [-0.15, -0.1) is 0 Å². The van der Waals surface area contributed by atoms with E-state index in [1.54, 1.807) is 0 Å². The summed E-state index contributed by atoms with van der Waals surface area (Å²) in [5.74, 6) is -0.0987. The summed E-state index contributed by atoms with van der Waals surface area (Å²) < 4.78 is 4.67. The van der Waals surface area contributed by atoms with E-state index >= 15 is 0 Å². The first-order chi connectivity index (χ1) is 9.26. The molecule has 0 unspecified atom stereocenters. The summed E-state index contributed by atoms with van der Waals surface area (Å²) in [6.07, 6.45) is 7.31. The summed E-state index contributed by atoms with van der Waals surface area (Å²) in [6, 6.07) is 0. The van der Waals surface area contributed by atoms with Gasteiger partial charge in [0.2, 0.25) is 0 Å². The molecule has 0 saturated carbocycles. The maximum atomic E-state index is 11.1. The van der Waals surface area contributed by atoms with Crippen LogP contribution in [0.2, 0.25) is 0 Å². The fraction of sp³-hybridized carbons (Fsp3) is 0.933. The van der Waals surface area contributed by atoms with Gasteiger partial charge in [0, 0.05) is 32.7 Å². The van der Waals surface area contributed by atoms with Crippen molar-refractivity contribution in [3.8, 4) is 0 Å². The summed E-state index contributed by atoms with van der Waals surface area (Å²) >= 11 is 0. The first-order valence-corrected chi connectivity index (χ1v) is 7.77. The minimum absolute atomic E-state index is 0.0987. The Morgan fingerprint density at radius 2 is 1.53 bits per heavy atom. The SMILES string of the molecule is CCCCCCCN1CCN(CCC(=O)OC)CC1. The van der Waals surface area contributed by atoms with Crippen LogP contribution in [0.15, 0.2) is 0 Å². The number of ether oxygens (including phenoxy) is 1. The number of piperazine rings is 1. The molecule has 0 radical (unpaired) electrons. The van der Waals surface area contributed by atoms with E-state index < -0.39 is 0 Å². The van der Waals surface area contributed by atoms with E-state index in [0.717, 1.165) is 32.7 Å². The minimum Gasteiger partial charge on any atom is -0.469 e. The molecule has 0 aromatic rings. The van der Waals surface area contributed by atoms with Crippen LogP contribution in [0, 0.1) is 0 Å². The Morgan fingerprint density at radius 3 is 2.11 bits per heavy atom. The lowest BCUT2D eigenvalue weighted by Gasteiger charge is -2.34. The van der Waals surface area contributed by atoms with Crippen molar-refractivity contribution in [3.63, 3.8) is 0 Å². The highest BCUT2D eigenvalue weighted by atomic mass is 16.5. The van der Waals surface area contributed by atoms with Crippen molar-refractivity contribution in [1.82, 2.24) is 9.80 Å². The highest BCUT2D eigenvalue weighted by Gasteiger charge is 2.16. The van der Waals surface area contributed by atoms with Crippen LogP contribution >= 0.6 is 0 Å². The predicted octanol–water partition coefficient (Wildman–Crippen LogP) is 2.14. The van der Waals surface area contributed by atoms with Crippen LogP contribution in [0.4, 0.5) is 0 Å². The van der Waals surface area contributed by atoms with Gasteiger partial charge in [-0.3, -0.25) is 4.79 Å². The first-order valence-electron chi connectivity index (χ1n) is 7.77. The third kappa shape index (κ3) is 7.53. The van der Waals surface area contributed by atoms with Gasteiger partial charge in [-0.1, -0.05) is 32.6 Å². The van der Waals surface area contributed by atoms with E-state index in [0.29, 0.717) is 6.42 Å². The van der Waals surface area contributed by atoms with Gasteiger partial charge in [0.15, 0.2) is 0 Å². The molecule has 4 heteroatoms. The molecule has 0 aromatic carbocycles. The Kier molecular flexibility index (Phi) is 8.84. The summed E-state index contributed by atoms with van der Waals surface area (Å²) in [7, 11) is 1.46. The highest BCUT2D eigenvalue weighted by molar-refractivity contribution is 5.69. The van der Waals surface area contributed by atoms with Crippen LogP contribution < -0.4 is 0 Å². The van der Waals surface area contributed by atoms with Crippen molar-refractivity contribution in [2.24, 2.45) is 0 Å². The van der Waals surface area contributed by atoms with Gasteiger partial charge in [0.25, 0.3) is 0 Å². The van der Waals surface area contributed by atoms with Gasteiger partial charge in [-0.05, 0) is 13.0 Å². The zero-order valence-corrected chi connectivity index (χ0v) is 12.7. The van der Waals surface area contributed by atoms with Crippen molar-refractivity contribution in [1.29, 1.82) is 0 Å². The number of esters is 1. The Morgan fingerprint density at radius 1 is 0.947 bits per heavy atom. The van der Waals surface area contributed by atoms with E-state index in [-0.39, 0.29) is 5.97 Å². The van der Waals surface area contributed by atoms with Crippen LogP contribution in [0.25, 0.3) is 0 Å². The maximum absolute atomic E-state index is 11.1. The smallest absolute Gasteiger partial charge is 0.306 e. The maximum Gasteiger partial charge on any atom is 0.306 e. The Balaban J connectivity index is 2.00. The average Bonchev–Trinajstić information content (AvgIpc) is 2.45. The summed E-state index contributed by atoms with van der Waals surface area (Å²) in [5, 5.41) is 0. The number of carbonyl (C=O) groups excluding carboxylic acids is 1. The molecule has 0 aromatic heterocycles. The van der Waals surface area contributed by atoms with Crippen LogP contribution in [0.5, 0.6) is 0 Å². The van der Waals surface area contributed by atoms with Gasteiger partial charge in [-0.2, -0.15) is 0 Å². The normalized spacial score (nSPS) is 17.6. The van der Waals surface area contributed by atoms with Gasteiger partial charge in [0.05, 0.1) is 13.5 Å². The molecule has 0 aliphatic carbocycles. The van der Waals surface area contributed by atoms with Gasteiger partial charge >= 0.3 is 5.97 Å². The number of unbranched alkanes of at least 4 members (excludes halogenated alkanes) is 4. The lowest BCUT2D eigenvalue weighted by atomic mass is 10.1. The zero-order valence-electron chi connectivity index (χ0n) is 12.7. The lowest BCUT2D eigenvalue weighted by Crippen LogP contribution is -2.47. The van der Waals surface area contributed by atoms with Crippen molar-refractivity contribution in [2.75, 3.05) is 46.4 Å². The number of methoxy groups -OCH3 is 1. The zero-order chi connectivity index (χ0) is 13.9. The number of nitrogens with zero attached hydrogens (tertiary/aromatic N) is 2. The number of rotatable bonds is 9. The largest absolute Gasteiger partial charge is 0.469 e. The molecule has 1 fully saturated rings.